The van der Waals surface area contributed by atoms with Crippen molar-refractivity contribution in [2.75, 3.05) is 18.0 Å². The number of anilines is 1. The number of aromatic nitrogens is 5. The molecule has 2 bridgehead atoms. The summed E-state index contributed by atoms with van der Waals surface area (Å²) in [5, 5.41) is 5.74. The van der Waals surface area contributed by atoms with Crippen molar-refractivity contribution in [1.82, 2.24) is 24.6 Å². The van der Waals surface area contributed by atoms with E-state index in [0.717, 1.165) is 52.6 Å². The number of rotatable bonds is 5. The fourth-order valence-corrected chi connectivity index (χ4v) is 7.59. The highest BCUT2D eigenvalue weighted by Crippen LogP contribution is 2.67. The second-order valence-electron chi connectivity index (χ2n) is 12.1. The molecule has 1 aliphatic heterocycles. The summed E-state index contributed by atoms with van der Waals surface area (Å²) in [5.74, 6) is 3.57. The zero-order valence-corrected chi connectivity index (χ0v) is 21.4. The third-order valence-electron chi connectivity index (χ3n) is 9.32. The lowest BCUT2D eigenvalue weighted by atomic mass is 9.42. The largest absolute Gasteiger partial charge is 0.356 e. The first-order valence-corrected chi connectivity index (χ1v) is 13.5. The summed E-state index contributed by atoms with van der Waals surface area (Å²) in [7, 11) is 0. The standard InChI is InChI=1S/C29H36N6/c1-17(2)24-25-19(4)28(34-7-5-20(6-8-34)10-29-11-21(12-29)13-29)30-14-23(25)33-26(24)22-9-18(3)27-31-16-32-35(27)15-22/h9,14-17,20-21,33H,5-8,10-13H2,1-4H3. The maximum atomic E-state index is 5.00. The number of aromatic amines is 1. The zero-order valence-electron chi connectivity index (χ0n) is 21.4. The molecule has 0 amide bonds. The second-order valence-corrected chi connectivity index (χ2v) is 12.1. The van der Waals surface area contributed by atoms with Gasteiger partial charge in [-0.3, -0.25) is 0 Å². The van der Waals surface area contributed by atoms with Crippen molar-refractivity contribution in [1.29, 1.82) is 0 Å². The molecule has 0 spiro atoms. The predicted octanol–water partition coefficient (Wildman–Crippen LogP) is 6.42. The van der Waals surface area contributed by atoms with Gasteiger partial charge in [0.2, 0.25) is 0 Å². The van der Waals surface area contributed by atoms with E-state index in [-0.39, 0.29) is 0 Å². The number of nitrogens with one attached hydrogen (secondary N) is 1. The summed E-state index contributed by atoms with van der Waals surface area (Å²) in [6.07, 6.45) is 14.5. The van der Waals surface area contributed by atoms with Crippen LogP contribution in [-0.2, 0) is 0 Å². The maximum Gasteiger partial charge on any atom is 0.158 e. The van der Waals surface area contributed by atoms with Crippen LogP contribution in [0.1, 0.15) is 75.0 Å². The molecule has 4 aliphatic rings. The normalized spacial score (nSPS) is 24.4. The third-order valence-corrected chi connectivity index (χ3v) is 9.32. The fraction of sp³-hybridized carbons (Fsp3) is 0.552. The van der Waals surface area contributed by atoms with Crippen LogP contribution in [0.4, 0.5) is 5.82 Å². The van der Waals surface area contributed by atoms with E-state index < -0.39 is 0 Å². The number of hydrogen-bond donors (Lipinski definition) is 1. The number of piperidine rings is 1. The second kappa shape index (κ2) is 7.55. The average molecular weight is 469 g/mol. The Morgan fingerprint density at radius 1 is 1.11 bits per heavy atom. The van der Waals surface area contributed by atoms with Gasteiger partial charge < -0.3 is 9.88 Å². The van der Waals surface area contributed by atoms with E-state index in [0.29, 0.717) is 5.92 Å². The summed E-state index contributed by atoms with van der Waals surface area (Å²) < 4.78 is 1.88. The summed E-state index contributed by atoms with van der Waals surface area (Å²) in [5.41, 5.74) is 8.94. The summed E-state index contributed by atoms with van der Waals surface area (Å²) in [6.45, 7) is 11.2. The molecule has 6 heteroatoms. The number of hydrogen-bond acceptors (Lipinski definition) is 4. The molecule has 5 heterocycles. The molecule has 8 rings (SSSR count). The van der Waals surface area contributed by atoms with Gasteiger partial charge in [-0.15, -0.1) is 0 Å². The molecular formula is C29H36N6. The van der Waals surface area contributed by atoms with Gasteiger partial charge in [0, 0.05) is 35.8 Å². The SMILES string of the molecule is Cc1c(N2CCC(CC34CC(C3)C4)CC2)ncc2[nH]c(-c3cc(C)c4ncnn4c3)c(C(C)C)c12. The first-order chi connectivity index (χ1) is 16.9. The van der Waals surface area contributed by atoms with E-state index in [2.05, 4.69) is 66.1 Å². The molecule has 0 atom stereocenters. The Morgan fingerprint density at radius 3 is 2.57 bits per heavy atom. The van der Waals surface area contributed by atoms with Gasteiger partial charge in [0.05, 0.1) is 17.4 Å². The van der Waals surface area contributed by atoms with Crippen molar-refractivity contribution >= 4 is 22.4 Å². The Bertz CT molecular complexity index is 1420. The number of nitrogens with zero attached hydrogens (tertiary/aromatic N) is 5. The molecule has 3 saturated carbocycles. The smallest absolute Gasteiger partial charge is 0.158 e. The Kier molecular flexibility index (Phi) is 4.62. The molecule has 4 aromatic heterocycles. The zero-order chi connectivity index (χ0) is 23.9. The minimum Gasteiger partial charge on any atom is -0.356 e. The quantitative estimate of drug-likeness (QED) is 0.367. The van der Waals surface area contributed by atoms with Crippen molar-refractivity contribution in [3.05, 3.63) is 41.5 Å². The molecule has 0 radical (unpaired) electrons. The van der Waals surface area contributed by atoms with Crippen LogP contribution in [0.3, 0.4) is 0 Å². The maximum absolute atomic E-state index is 5.00. The Hall–Kier alpha value is -2.89. The van der Waals surface area contributed by atoms with Crippen molar-refractivity contribution in [2.45, 2.75) is 72.1 Å². The van der Waals surface area contributed by atoms with Crippen LogP contribution in [0.2, 0.25) is 0 Å². The van der Waals surface area contributed by atoms with E-state index in [1.165, 1.54) is 66.5 Å². The van der Waals surface area contributed by atoms with Crippen LogP contribution in [-0.4, -0.2) is 37.7 Å². The van der Waals surface area contributed by atoms with Crippen LogP contribution in [0.15, 0.2) is 24.8 Å². The van der Waals surface area contributed by atoms with Gasteiger partial charge >= 0.3 is 0 Å². The van der Waals surface area contributed by atoms with E-state index in [4.69, 9.17) is 4.98 Å². The average Bonchev–Trinajstić information content (AvgIpc) is 3.42. The molecule has 0 unspecified atom stereocenters. The first-order valence-electron chi connectivity index (χ1n) is 13.5. The van der Waals surface area contributed by atoms with Crippen molar-refractivity contribution < 1.29 is 0 Å². The highest BCUT2D eigenvalue weighted by Gasteiger charge is 2.56. The molecule has 4 aromatic rings. The number of fused-ring (bicyclic) bond motifs is 2. The highest BCUT2D eigenvalue weighted by molar-refractivity contribution is 5.95. The van der Waals surface area contributed by atoms with Gasteiger partial charge in [-0.1, -0.05) is 13.8 Å². The Labute approximate surface area is 207 Å². The predicted molar refractivity (Wildman–Crippen MR) is 141 cm³/mol. The molecule has 0 aromatic carbocycles. The van der Waals surface area contributed by atoms with Gasteiger partial charge in [0.25, 0.3) is 0 Å². The van der Waals surface area contributed by atoms with E-state index in [1.807, 2.05) is 4.52 Å². The summed E-state index contributed by atoms with van der Waals surface area (Å²) in [6, 6.07) is 2.22. The molecule has 1 N–H and O–H groups in total. The van der Waals surface area contributed by atoms with Gasteiger partial charge in [-0.05, 0) is 92.7 Å². The third kappa shape index (κ3) is 3.25. The van der Waals surface area contributed by atoms with E-state index in [1.54, 1.807) is 6.33 Å². The van der Waals surface area contributed by atoms with Gasteiger partial charge in [0.15, 0.2) is 5.65 Å². The molecule has 6 nitrogen and oxygen atoms in total. The lowest BCUT2D eigenvalue weighted by Gasteiger charge is -2.63. The highest BCUT2D eigenvalue weighted by atomic mass is 15.3. The van der Waals surface area contributed by atoms with Crippen molar-refractivity contribution in [3.8, 4) is 11.3 Å². The fourth-order valence-electron chi connectivity index (χ4n) is 7.59. The van der Waals surface area contributed by atoms with E-state index >= 15 is 0 Å². The van der Waals surface area contributed by atoms with Crippen LogP contribution in [0, 0.1) is 31.1 Å². The van der Waals surface area contributed by atoms with Gasteiger partial charge in [0.1, 0.15) is 12.1 Å². The minimum absolute atomic E-state index is 0.387. The molecule has 1 saturated heterocycles. The van der Waals surface area contributed by atoms with Crippen LogP contribution < -0.4 is 4.90 Å². The number of aryl methyl sites for hydroxylation is 2. The summed E-state index contributed by atoms with van der Waals surface area (Å²) >= 11 is 0. The summed E-state index contributed by atoms with van der Waals surface area (Å²) in [4.78, 5) is 15.7. The Balaban J connectivity index is 1.23. The van der Waals surface area contributed by atoms with Crippen molar-refractivity contribution in [3.63, 3.8) is 0 Å². The monoisotopic (exact) mass is 468 g/mol. The van der Waals surface area contributed by atoms with E-state index in [9.17, 15) is 0 Å². The van der Waals surface area contributed by atoms with Crippen molar-refractivity contribution in [2.24, 2.45) is 17.3 Å². The Morgan fingerprint density at radius 2 is 1.89 bits per heavy atom. The molecule has 35 heavy (non-hydrogen) atoms. The molecule has 4 fully saturated rings. The minimum atomic E-state index is 0.387. The van der Waals surface area contributed by atoms with Gasteiger partial charge in [-0.25, -0.2) is 14.5 Å². The number of H-pyrrole nitrogens is 1. The molecule has 3 aliphatic carbocycles. The number of pyridine rings is 2. The van der Waals surface area contributed by atoms with Crippen LogP contribution >= 0.6 is 0 Å². The lowest BCUT2D eigenvalue weighted by molar-refractivity contribution is -0.123. The van der Waals surface area contributed by atoms with Crippen LogP contribution in [0.25, 0.3) is 27.8 Å². The van der Waals surface area contributed by atoms with Crippen LogP contribution in [0.5, 0.6) is 0 Å². The first kappa shape index (κ1) is 21.4. The lowest BCUT2D eigenvalue weighted by Crippen LogP contribution is -2.53. The molecule has 182 valence electrons. The van der Waals surface area contributed by atoms with Gasteiger partial charge in [-0.2, -0.15) is 5.10 Å². The topological polar surface area (TPSA) is 62.1 Å². The molecular weight excluding hydrogens is 432 g/mol.